The van der Waals surface area contributed by atoms with E-state index in [4.69, 9.17) is 19.3 Å². The molecule has 0 aliphatic carbocycles. The number of fused-ring (bicyclic) bond motifs is 3. The van der Waals surface area contributed by atoms with Gasteiger partial charge in [0.25, 0.3) is 0 Å². The van der Waals surface area contributed by atoms with Crippen molar-refractivity contribution in [1.82, 2.24) is 4.57 Å². The average Bonchev–Trinajstić information content (AvgIpc) is 3.02. The number of para-hydroxylation sites is 1. The summed E-state index contributed by atoms with van der Waals surface area (Å²) in [5.74, 6) is 0.734. The Morgan fingerprint density at radius 3 is 2.74 bits per heavy atom. The molecular weight excluding hydrogens is 495 g/mol. The van der Waals surface area contributed by atoms with Crippen LogP contribution in [0.4, 0.5) is 8.78 Å². The lowest BCUT2D eigenvalue weighted by molar-refractivity contribution is 0.0557. The van der Waals surface area contributed by atoms with Gasteiger partial charge in [0.05, 0.1) is 25.3 Å². The first-order valence-electron chi connectivity index (χ1n) is 9.71. The summed E-state index contributed by atoms with van der Waals surface area (Å²) in [5.41, 5.74) is -1.20. The SMILES string of the molecule is CCOc1cccc2c3c(n(Cc4ccc(C(F)(F)P(=O)(O)O)c(Br)c4)c12)CCOC3. The van der Waals surface area contributed by atoms with Crippen LogP contribution in [0.5, 0.6) is 5.75 Å². The molecule has 31 heavy (non-hydrogen) atoms. The largest absolute Gasteiger partial charge is 0.492 e. The van der Waals surface area contributed by atoms with Gasteiger partial charge in [-0.1, -0.05) is 40.2 Å². The van der Waals surface area contributed by atoms with Crippen LogP contribution < -0.4 is 4.74 Å². The number of aromatic nitrogens is 1. The van der Waals surface area contributed by atoms with E-state index in [0.29, 0.717) is 38.3 Å². The molecular formula is C21H21BrF2NO5P. The minimum Gasteiger partial charge on any atom is -0.492 e. The molecule has 0 spiro atoms. The third kappa shape index (κ3) is 3.94. The number of halogens is 3. The molecule has 6 nitrogen and oxygen atoms in total. The predicted molar refractivity (Wildman–Crippen MR) is 116 cm³/mol. The van der Waals surface area contributed by atoms with Crippen molar-refractivity contribution >= 4 is 34.4 Å². The number of hydrogen-bond donors (Lipinski definition) is 2. The Kier molecular flexibility index (Phi) is 6.00. The molecule has 0 amide bonds. The normalized spacial score (nSPS) is 14.6. The van der Waals surface area contributed by atoms with Crippen LogP contribution >= 0.6 is 23.5 Å². The van der Waals surface area contributed by atoms with Crippen molar-refractivity contribution in [1.29, 1.82) is 0 Å². The summed E-state index contributed by atoms with van der Waals surface area (Å²) in [4.78, 5) is 18.1. The summed E-state index contributed by atoms with van der Waals surface area (Å²) in [7, 11) is -5.65. The van der Waals surface area contributed by atoms with E-state index in [1.807, 2.05) is 25.1 Å². The fourth-order valence-corrected chi connectivity index (χ4v) is 5.31. The Morgan fingerprint density at radius 1 is 1.29 bits per heavy atom. The highest BCUT2D eigenvalue weighted by Crippen LogP contribution is 2.60. The monoisotopic (exact) mass is 515 g/mol. The van der Waals surface area contributed by atoms with Crippen molar-refractivity contribution < 1.29 is 32.6 Å². The van der Waals surface area contributed by atoms with Crippen LogP contribution in [0.1, 0.15) is 29.3 Å². The van der Waals surface area contributed by atoms with Crippen LogP contribution in [0.15, 0.2) is 40.9 Å². The van der Waals surface area contributed by atoms with Crippen molar-refractivity contribution in [2.45, 2.75) is 32.2 Å². The Bertz CT molecular complexity index is 1190. The highest BCUT2D eigenvalue weighted by atomic mass is 79.9. The lowest BCUT2D eigenvalue weighted by atomic mass is 10.1. The van der Waals surface area contributed by atoms with E-state index < -0.39 is 18.8 Å². The number of alkyl halides is 2. The van der Waals surface area contributed by atoms with Gasteiger partial charge >= 0.3 is 13.3 Å². The predicted octanol–water partition coefficient (Wildman–Crippen LogP) is 5.15. The fourth-order valence-electron chi connectivity index (χ4n) is 3.97. The first kappa shape index (κ1) is 22.4. The van der Waals surface area contributed by atoms with Crippen LogP contribution in [0.2, 0.25) is 0 Å². The topological polar surface area (TPSA) is 80.9 Å². The van der Waals surface area contributed by atoms with Crippen LogP contribution in [0, 0.1) is 0 Å². The molecule has 1 aliphatic rings. The van der Waals surface area contributed by atoms with E-state index >= 15 is 0 Å². The number of benzene rings is 2. The van der Waals surface area contributed by atoms with E-state index in [9.17, 15) is 13.3 Å². The number of rotatable bonds is 6. The minimum absolute atomic E-state index is 0.0583. The molecule has 0 saturated heterocycles. The third-order valence-electron chi connectivity index (χ3n) is 5.36. The Morgan fingerprint density at radius 2 is 2.06 bits per heavy atom. The minimum atomic E-state index is -5.65. The smallest absolute Gasteiger partial charge is 0.399 e. The summed E-state index contributed by atoms with van der Waals surface area (Å²) in [5, 5.41) is 1.03. The summed E-state index contributed by atoms with van der Waals surface area (Å²) in [6.07, 6.45) is 0.713. The quantitative estimate of drug-likeness (QED) is 0.443. The van der Waals surface area contributed by atoms with Gasteiger partial charge in [-0.15, -0.1) is 0 Å². The maximum atomic E-state index is 14.2. The fraction of sp³-hybridized carbons (Fsp3) is 0.333. The second kappa shape index (κ2) is 8.30. The van der Waals surface area contributed by atoms with Crippen LogP contribution in [0.3, 0.4) is 0 Å². The summed E-state index contributed by atoms with van der Waals surface area (Å²) in [6, 6.07) is 9.84. The van der Waals surface area contributed by atoms with Crippen molar-refractivity contribution in [2.75, 3.05) is 13.2 Å². The van der Waals surface area contributed by atoms with Gasteiger partial charge in [0.15, 0.2) is 0 Å². The molecule has 0 unspecified atom stereocenters. The highest BCUT2D eigenvalue weighted by Gasteiger charge is 2.51. The average molecular weight is 516 g/mol. The molecule has 4 rings (SSSR count). The maximum absolute atomic E-state index is 14.2. The van der Waals surface area contributed by atoms with E-state index in [1.54, 1.807) is 0 Å². The zero-order valence-corrected chi connectivity index (χ0v) is 19.1. The van der Waals surface area contributed by atoms with Gasteiger partial charge in [0, 0.05) is 39.6 Å². The maximum Gasteiger partial charge on any atom is 0.399 e. The Labute approximate surface area is 186 Å². The lowest BCUT2D eigenvalue weighted by Crippen LogP contribution is -2.16. The van der Waals surface area contributed by atoms with Gasteiger partial charge in [-0.05, 0) is 24.6 Å². The molecule has 0 saturated carbocycles. The Hall–Kier alpha value is -1.77. The molecule has 166 valence electrons. The molecule has 3 aromatic rings. The highest BCUT2D eigenvalue weighted by molar-refractivity contribution is 9.10. The second-order valence-electron chi connectivity index (χ2n) is 7.30. The van der Waals surface area contributed by atoms with E-state index in [2.05, 4.69) is 20.5 Å². The lowest BCUT2D eigenvalue weighted by Gasteiger charge is -2.20. The molecule has 2 N–H and O–H groups in total. The molecule has 10 heteroatoms. The first-order valence-corrected chi connectivity index (χ1v) is 12.1. The van der Waals surface area contributed by atoms with Gasteiger partial charge in [0.1, 0.15) is 5.75 Å². The zero-order chi connectivity index (χ0) is 22.4. The molecule has 2 heterocycles. The molecule has 1 aliphatic heterocycles. The molecule has 0 radical (unpaired) electrons. The molecule has 2 aromatic carbocycles. The standard InChI is InChI=1S/C21H21BrF2NO5P/c1-2-30-19-5-3-4-14-15-12-29-9-8-18(15)25(20(14)19)11-13-6-7-16(17(22)10-13)21(23,24)31(26,27)28/h3-7,10H,2,8-9,11-12H2,1H3,(H2,26,27,28). The van der Waals surface area contributed by atoms with Crippen LogP contribution in [-0.2, 0) is 34.5 Å². The second-order valence-corrected chi connectivity index (χ2v) is 9.80. The molecule has 0 fully saturated rings. The number of hydrogen-bond acceptors (Lipinski definition) is 3. The van der Waals surface area contributed by atoms with Crippen molar-refractivity contribution in [2.24, 2.45) is 0 Å². The summed E-state index contributed by atoms with van der Waals surface area (Å²) < 4.78 is 53.1. The van der Waals surface area contributed by atoms with E-state index in [0.717, 1.165) is 34.0 Å². The third-order valence-corrected chi connectivity index (χ3v) is 6.99. The van der Waals surface area contributed by atoms with Crippen molar-refractivity contribution in [3.05, 3.63) is 63.3 Å². The molecule has 0 atom stereocenters. The van der Waals surface area contributed by atoms with Crippen molar-refractivity contribution in [3.8, 4) is 5.75 Å². The van der Waals surface area contributed by atoms with Gasteiger partial charge in [0.2, 0.25) is 0 Å². The van der Waals surface area contributed by atoms with Gasteiger partial charge in [-0.3, -0.25) is 4.57 Å². The Balaban J connectivity index is 1.81. The summed E-state index contributed by atoms with van der Waals surface area (Å²) >= 11 is 3.07. The number of ether oxygens (including phenoxy) is 2. The van der Waals surface area contributed by atoms with Crippen LogP contribution in [-0.4, -0.2) is 27.6 Å². The van der Waals surface area contributed by atoms with Crippen molar-refractivity contribution in [3.63, 3.8) is 0 Å². The van der Waals surface area contributed by atoms with E-state index in [1.165, 1.54) is 12.1 Å². The van der Waals surface area contributed by atoms with Crippen LogP contribution in [0.25, 0.3) is 10.9 Å². The summed E-state index contributed by atoms with van der Waals surface area (Å²) in [6.45, 7) is 3.88. The van der Waals surface area contributed by atoms with Gasteiger partial charge < -0.3 is 23.8 Å². The first-order chi connectivity index (χ1) is 14.6. The van der Waals surface area contributed by atoms with Gasteiger partial charge in [-0.25, -0.2) is 0 Å². The molecule has 1 aromatic heterocycles. The van der Waals surface area contributed by atoms with Gasteiger partial charge in [-0.2, -0.15) is 8.78 Å². The molecule has 0 bridgehead atoms. The number of nitrogens with zero attached hydrogens (tertiary/aromatic N) is 1. The zero-order valence-electron chi connectivity index (χ0n) is 16.6. The van der Waals surface area contributed by atoms with E-state index in [-0.39, 0.29) is 4.47 Å².